The Morgan fingerprint density at radius 2 is 2.21 bits per heavy atom. The largest absolute Gasteiger partial charge is 0.463 e. The van der Waals surface area contributed by atoms with E-state index in [0.29, 0.717) is 30.2 Å². The van der Waals surface area contributed by atoms with E-state index >= 15 is 0 Å². The molecule has 1 saturated heterocycles. The van der Waals surface area contributed by atoms with Crippen molar-refractivity contribution in [3.8, 4) is 11.5 Å². The molecule has 0 bridgehead atoms. The van der Waals surface area contributed by atoms with Gasteiger partial charge in [-0.05, 0) is 43.9 Å². The highest BCUT2D eigenvalue weighted by Gasteiger charge is 2.29. The molecule has 1 fully saturated rings. The molecule has 2 amide bonds. The average Bonchev–Trinajstić information content (AvgIpc) is 3.36. The molecule has 3 aromatic heterocycles. The van der Waals surface area contributed by atoms with Crippen LogP contribution >= 0.6 is 0 Å². The molecule has 2 unspecified atom stereocenters. The Kier molecular flexibility index (Phi) is 4.60. The van der Waals surface area contributed by atoms with Crippen LogP contribution in [0.15, 0.2) is 35.2 Å². The molecule has 1 aliphatic rings. The second kappa shape index (κ2) is 7.08. The molecule has 28 heavy (non-hydrogen) atoms. The lowest BCUT2D eigenvalue weighted by Gasteiger charge is -2.34. The number of nitrogens with two attached hydrogens (primary N) is 2. The monoisotopic (exact) mass is 382 g/mol. The van der Waals surface area contributed by atoms with Crippen LogP contribution < -0.4 is 11.5 Å². The molecule has 1 aliphatic heterocycles. The van der Waals surface area contributed by atoms with Crippen LogP contribution in [0.4, 0.5) is 0 Å². The lowest BCUT2D eigenvalue weighted by molar-refractivity contribution is 0.0653. The summed E-state index contributed by atoms with van der Waals surface area (Å²) in [5.41, 5.74) is 12.5. The third-order valence-corrected chi connectivity index (χ3v) is 5.22. The van der Waals surface area contributed by atoms with Crippen molar-refractivity contribution in [1.29, 1.82) is 0 Å². The second-order valence-corrected chi connectivity index (χ2v) is 7.17. The Hall–Kier alpha value is -3.20. The normalized spacial score (nSPS) is 18.4. The van der Waals surface area contributed by atoms with E-state index in [0.717, 1.165) is 12.8 Å². The molecule has 0 saturated carbocycles. The van der Waals surface area contributed by atoms with Gasteiger partial charge < -0.3 is 20.8 Å². The van der Waals surface area contributed by atoms with Crippen molar-refractivity contribution in [2.24, 2.45) is 17.4 Å². The van der Waals surface area contributed by atoms with Crippen LogP contribution in [-0.4, -0.2) is 50.2 Å². The van der Waals surface area contributed by atoms with Crippen LogP contribution in [0.25, 0.3) is 17.1 Å². The number of furan rings is 1. The zero-order valence-corrected chi connectivity index (χ0v) is 15.5. The number of carbonyl (C=O) groups is 2. The summed E-state index contributed by atoms with van der Waals surface area (Å²) in [6.45, 7) is 3.21. The van der Waals surface area contributed by atoms with Gasteiger partial charge in [-0.3, -0.25) is 14.0 Å². The van der Waals surface area contributed by atoms with Gasteiger partial charge in [-0.1, -0.05) is 0 Å². The van der Waals surface area contributed by atoms with Crippen LogP contribution in [0, 0.1) is 5.92 Å². The number of rotatable bonds is 4. The van der Waals surface area contributed by atoms with Gasteiger partial charge in [0, 0.05) is 19.1 Å². The van der Waals surface area contributed by atoms with Crippen molar-refractivity contribution in [3.05, 3.63) is 42.2 Å². The van der Waals surface area contributed by atoms with Crippen molar-refractivity contribution >= 4 is 17.5 Å². The molecule has 0 spiro atoms. The molecule has 4 N–H and O–H groups in total. The molecule has 9 heteroatoms. The van der Waals surface area contributed by atoms with Gasteiger partial charge >= 0.3 is 0 Å². The Balaban J connectivity index is 1.81. The maximum atomic E-state index is 13.3. The van der Waals surface area contributed by atoms with Crippen molar-refractivity contribution in [3.63, 3.8) is 0 Å². The van der Waals surface area contributed by atoms with E-state index < -0.39 is 5.91 Å². The molecule has 0 aliphatic carbocycles. The van der Waals surface area contributed by atoms with E-state index in [4.69, 9.17) is 15.9 Å². The van der Waals surface area contributed by atoms with Crippen LogP contribution in [0.3, 0.4) is 0 Å². The summed E-state index contributed by atoms with van der Waals surface area (Å²) >= 11 is 0. The molecule has 4 rings (SSSR count). The first kappa shape index (κ1) is 18.2. The highest BCUT2D eigenvalue weighted by molar-refractivity contribution is 5.99. The first-order valence-electron chi connectivity index (χ1n) is 9.22. The van der Waals surface area contributed by atoms with E-state index in [1.807, 2.05) is 6.92 Å². The molecule has 2 atom stereocenters. The van der Waals surface area contributed by atoms with Gasteiger partial charge in [0.1, 0.15) is 17.7 Å². The van der Waals surface area contributed by atoms with E-state index in [9.17, 15) is 9.59 Å². The first-order valence-corrected chi connectivity index (χ1v) is 9.22. The summed E-state index contributed by atoms with van der Waals surface area (Å²) in [6.07, 6.45) is 4.82. The first-order chi connectivity index (χ1) is 13.5. The number of likely N-dealkylation sites (tertiary alicyclic amines) is 1. The van der Waals surface area contributed by atoms with E-state index in [1.54, 1.807) is 23.1 Å². The van der Waals surface area contributed by atoms with Crippen LogP contribution in [0.1, 0.15) is 40.7 Å². The fraction of sp³-hybridized carbons (Fsp3) is 0.368. The smallest absolute Gasteiger partial charge is 0.271 e. The predicted molar refractivity (Wildman–Crippen MR) is 101 cm³/mol. The molecular weight excluding hydrogens is 360 g/mol. The molecule has 146 valence electrons. The van der Waals surface area contributed by atoms with Gasteiger partial charge in [-0.15, -0.1) is 0 Å². The van der Waals surface area contributed by atoms with Crippen molar-refractivity contribution < 1.29 is 14.0 Å². The number of hydrogen-bond acceptors (Lipinski definition) is 6. The Morgan fingerprint density at radius 1 is 1.39 bits per heavy atom. The lowest BCUT2D eigenvalue weighted by Crippen LogP contribution is -2.45. The number of aromatic nitrogens is 3. The van der Waals surface area contributed by atoms with Crippen molar-refractivity contribution in [2.45, 2.75) is 25.8 Å². The third-order valence-electron chi connectivity index (χ3n) is 5.22. The number of nitrogens with zero attached hydrogens (tertiary/aromatic N) is 4. The zero-order valence-electron chi connectivity index (χ0n) is 15.5. The van der Waals surface area contributed by atoms with Crippen LogP contribution in [-0.2, 0) is 0 Å². The molecule has 0 radical (unpaired) electrons. The minimum Gasteiger partial charge on any atom is -0.463 e. The van der Waals surface area contributed by atoms with Crippen LogP contribution in [0.5, 0.6) is 0 Å². The second-order valence-electron chi connectivity index (χ2n) is 7.17. The number of carbonyl (C=O) groups excluding carboxylic acids is 2. The number of hydrogen-bond donors (Lipinski definition) is 2. The SMILES string of the molecule is CC(N)C1CCCN(C(=O)c2cc(-c3ccco3)nc3c(C(N)=O)ncn23)C1. The van der Waals surface area contributed by atoms with E-state index in [-0.39, 0.29) is 29.2 Å². The summed E-state index contributed by atoms with van der Waals surface area (Å²) in [4.78, 5) is 35.4. The number of primary amides is 1. The number of imidazole rings is 1. The molecule has 3 aromatic rings. The summed E-state index contributed by atoms with van der Waals surface area (Å²) in [5.74, 6) is -0.136. The summed E-state index contributed by atoms with van der Waals surface area (Å²) in [6, 6.07) is 5.13. The third kappa shape index (κ3) is 3.13. The van der Waals surface area contributed by atoms with Crippen molar-refractivity contribution in [1.82, 2.24) is 19.3 Å². The summed E-state index contributed by atoms with van der Waals surface area (Å²) < 4.78 is 6.93. The van der Waals surface area contributed by atoms with Crippen molar-refractivity contribution in [2.75, 3.05) is 13.1 Å². The summed E-state index contributed by atoms with van der Waals surface area (Å²) in [5, 5.41) is 0. The van der Waals surface area contributed by atoms with E-state index in [2.05, 4.69) is 9.97 Å². The topological polar surface area (TPSA) is 133 Å². The molecule has 0 aromatic carbocycles. The predicted octanol–water partition coefficient (Wildman–Crippen LogP) is 1.29. The molecule has 4 heterocycles. The van der Waals surface area contributed by atoms with Gasteiger partial charge in [0.2, 0.25) is 0 Å². The van der Waals surface area contributed by atoms with Crippen LogP contribution in [0.2, 0.25) is 0 Å². The fourth-order valence-corrected chi connectivity index (χ4v) is 3.65. The highest BCUT2D eigenvalue weighted by atomic mass is 16.3. The lowest BCUT2D eigenvalue weighted by atomic mass is 9.92. The summed E-state index contributed by atoms with van der Waals surface area (Å²) in [7, 11) is 0. The van der Waals surface area contributed by atoms with Gasteiger partial charge in [0.25, 0.3) is 11.8 Å². The maximum absolute atomic E-state index is 13.3. The zero-order chi connectivity index (χ0) is 19.8. The minimum absolute atomic E-state index is 0.00885. The molecule has 9 nitrogen and oxygen atoms in total. The Labute approximate surface area is 161 Å². The van der Waals surface area contributed by atoms with Gasteiger partial charge in [0.05, 0.1) is 6.26 Å². The van der Waals surface area contributed by atoms with E-state index in [1.165, 1.54) is 17.0 Å². The Morgan fingerprint density at radius 3 is 2.89 bits per heavy atom. The molecular formula is C19H22N6O3. The Bertz CT molecular complexity index is 1020. The fourth-order valence-electron chi connectivity index (χ4n) is 3.65. The minimum atomic E-state index is -0.708. The maximum Gasteiger partial charge on any atom is 0.271 e. The van der Waals surface area contributed by atoms with Gasteiger partial charge in [-0.25, -0.2) is 9.97 Å². The standard InChI is InChI=1S/C19H22N6O3/c1-11(20)12-4-2-6-24(9-12)19(27)14-8-13(15-5-3-7-28-15)23-18-16(17(21)26)22-10-25(14)18/h3,5,7-8,10-12H,2,4,6,9,20H2,1H3,(H2,21,26). The van der Waals surface area contributed by atoms with Gasteiger partial charge in [0.15, 0.2) is 17.1 Å². The number of amides is 2. The van der Waals surface area contributed by atoms with Gasteiger partial charge in [-0.2, -0.15) is 0 Å². The average molecular weight is 382 g/mol. The quantitative estimate of drug-likeness (QED) is 0.698. The number of piperidine rings is 1. The highest BCUT2D eigenvalue weighted by Crippen LogP contribution is 2.25. The number of fused-ring (bicyclic) bond motifs is 1.